The highest BCUT2D eigenvalue weighted by Gasteiger charge is 2.03. The van der Waals surface area contributed by atoms with Gasteiger partial charge in [-0.1, -0.05) is 13.8 Å². The topological polar surface area (TPSA) is 44.8 Å². The van der Waals surface area contributed by atoms with Crippen LogP contribution in [0.15, 0.2) is 35.9 Å². The van der Waals surface area contributed by atoms with E-state index in [1.165, 1.54) is 6.08 Å². The predicted octanol–water partition coefficient (Wildman–Crippen LogP) is 4.14. The van der Waals surface area contributed by atoms with E-state index in [-0.39, 0.29) is 12.1 Å². The Kier molecular flexibility index (Phi) is 8.11. The van der Waals surface area contributed by atoms with Gasteiger partial charge in [-0.15, -0.1) is 0 Å². The minimum atomic E-state index is -0.319. The van der Waals surface area contributed by atoms with Gasteiger partial charge in [0.15, 0.2) is 0 Å². The fourth-order valence-corrected chi connectivity index (χ4v) is 1.61. The Labute approximate surface area is 133 Å². The number of esters is 1. The van der Waals surface area contributed by atoms with Crippen molar-refractivity contribution in [2.45, 2.75) is 46.6 Å². The smallest absolute Gasteiger partial charge is 0.330 e. The number of benzene rings is 1. The van der Waals surface area contributed by atoms with Crippen molar-refractivity contribution in [2.24, 2.45) is 0 Å². The van der Waals surface area contributed by atoms with Gasteiger partial charge in [-0.2, -0.15) is 0 Å². The maximum absolute atomic E-state index is 11.4. The summed E-state index contributed by atoms with van der Waals surface area (Å²) in [7, 11) is 0. The average Bonchev–Trinajstić information content (AvgIpc) is 2.52. The molecule has 1 unspecified atom stereocenters. The Bertz CT molecular complexity index is 476. The fraction of sp³-hybridized carbons (Fsp3) is 0.500. The quantitative estimate of drug-likeness (QED) is 0.508. The third-order valence-electron chi connectivity index (χ3n) is 3.02. The first-order valence-corrected chi connectivity index (χ1v) is 7.78. The van der Waals surface area contributed by atoms with Gasteiger partial charge in [0, 0.05) is 6.08 Å². The van der Waals surface area contributed by atoms with Crippen LogP contribution >= 0.6 is 0 Å². The van der Waals surface area contributed by atoms with Crippen LogP contribution in [0.4, 0.5) is 0 Å². The van der Waals surface area contributed by atoms with Gasteiger partial charge >= 0.3 is 5.97 Å². The maximum atomic E-state index is 11.4. The summed E-state index contributed by atoms with van der Waals surface area (Å²) < 4.78 is 16.3. The summed E-state index contributed by atoms with van der Waals surface area (Å²) in [5, 5.41) is 0. The second-order valence-electron chi connectivity index (χ2n) is 5.25. The standard InChI is InChI=1S/C18H26O4/c1-5-11-20-18(19)12-14(3)13-21-16-7-9-17(10-8-16)22-15(4)6-2/h7-10,12,15H,5-6,11,13H2,1-4H3. The molecule has 0 heterocycles. The SMILES string of the molecule is CCCOC(=O)C=C(C)COc1ccc(OC(C)CC)cc1. The molecule has 1 atom stereocenters. The molecule has 4 nitrogen and oxygen atoms in total. The maximum Gasteiger partial charge on any atom is 0.330 e. The first-order valence-electron chi connectivity index (χ1n) is 7.78. The van der Waals surface area contributed by atoms with Crippen LogP contribution in [0.3, 0.4) is 0 Å². The Morgan fingerprint density at radius 3 is 2.41 bits per heavy atom. The molecule has 1 aromatic rings. The highest BCUT2D eigenvalue weighted by Crippen LogP contribution is 2.19. The lowest BCUT2D eigenvalue weighted by Gasteiger charge is -2.13. The molecule has 122 valence electrons. The Morgan fingerprint density at radius 2 is 1.82 bits per heavy atom. The van der Waals surface area contributed by atoms with E-state index >= 15 is 0 Å². The molecule has 0 saturated carbocycles. The minimum absolute atomic E-state index is 0.200. The van der Waals surface area contributed by atoms with Crippen LogP contribution in [0.25, 0.3) is 0 Å². The number of hydrogen-bond acceptors (Lipinski definition) is 4. The second kappa shape index (κ2) is 9.87. The number of carbonyl (C=O) groups is 1. The summed E-state index contributed by atoms with van der Waals surface area (Å²) >= 11 is 0. The number of ether oxygens (including phenoxy) is 3. The summed E-state index contributed by atoms with van der Waals surface area (Å²) in [4.78, 5) is 11.4. The molecule has 1 rings (SSSR count). The van der Waals surface area contributed by atoms with E-state index in [0.29, 0.717) is 13.2 Å². The van der Waals surface area contributed by atoms with Crippen molar-refractivity contribution < 1.29 is 19.0 Å². The largest absolute Gasteiger partial charge is 0.491 e. The molecule has 0 aliphatic rings. The Hall–Kier alpha value is -1.97. The Balaban J connectivity index is 2.44. The van der Waals surface area contributed by atoms with Gasteiger partial charge in [-0.05, 0) is 56.5 Å². The molecule has 0 radical (unpaired) electrons. The van der Waals surface area contributed by atoms with E-state index in [0.717, 1.165) is 29.9 Å². The summed E-state index contributed by atoms with van der Waals surface area (Å²) in [6.45, 7) is 8.72. The van der Waals surface area contributed by atoms with Crippen molar-refractivity contribution in [3.63, 3.8) is 0 Å². The van der Waals surface area contributed by atoms with E-state index in [4.69, 9.17) is 14.2 Å². The van der Waals surface area contributed by atoms with E-state index in [1.54, 1.807) is 0 Å². The fourth-order valence-electron chi connectivity index (χ4n) is 1.61. The summed E-state index contributed by atoms with van der Waals surface area (Å²) in [5.74, 6) is 1.25. The first kappa shape index (κ1) is 18.1. The van der Waals surface area contributed by atoms with Gasteiger partial charge in [0.25, 0.3) is 0 Å². The van der Waals surface area contributed by atoms with E-state index in [9.17, 15) is 4.79 Å². The molecule has 1 aromatic carbocycles. The first-order chi connectivity index (χ1) is 10.5. The van der Waals surface area contributed by atoms with Gasteiger partial charge < -0.3 is 14.2 Å². The van der Waals surface area contributed by atoms with Crippen molar-refractivity contribution >= 4 is 5.97 Å². The molecule has 0 aromatic heterocycles. The molecule has 0 bridgehead atoms. The van der Waals surface area contributed by atoms with Crippen LogP contribution in [0.1, 0.15) is 40.5 Å². The molecule has 0 N–H and O–H groups in total. The zero-order valence-electron chi connectivity index (χ0n) is 13.9. The zero-order chi connectivity index (χ0) is 16.4. The lowest BCUT2D eigenvalue weighted by Crippen LogP contribution is -2.09. The lowest BCUT2D eigenvalue weighted by molar-refractivity contribution is -0.137. The minimum Gasteiger partial charge on any atom is -0.491 e. The Morgan fingerprint density at radius 1 is 1.18 bits per heavy atom. The molecule has 22 heavy (non-hydrogen) atoms. The average molecular weight is 306 g/mol. The van der Waals surface area contributed by atoms with Gasteiger partial charge in [0.1, 0.15) is 18.1 Å². The molecular weight excluding hydrogens is 280 g/mol. The van der Waals surface area contributed by atoms with E-state index in [1.807, 2.05) is 45.0 Å². The number of rotatable bonds is 9. The molecule has 4 heteroatoms. The van der Waals surface area contributed by atoms with Crippen molar-refractivity contribution in [3.8, 4) is 11.5 Å². The van der Waals surface area contributed by atoms with E-state index < -0.39 is 0 Å². The van der Waals surface area contributed by atoms with Crippen molar-refractivity contribution in [3.05, 3.63) is 35.9 Å². The van der Waals surface area contributed by atoms with Gasteiger partial charge in [-0.25, -0.2) is 4.79 Å². The highest BCUT2D eigenvalue weighted by atomic mass is 16.5. The highest BCUT2D eigenvalue weighted by molar-refractivity contribution is 5.82. The summed E-state index contributed by atoms with van der Waals surface area (Å²) in [6, 6.07) is 7.49. The van der Waals surface area contributed by atoms with Crippen LogP contribution in [0.2, 0.25) is 0 Å². The van der Waals surface area contributed by atoms with Gasteiger partial charge in [0.05, 0.1) is 12.7 Å². The molecule has 0 amide bonds. The molecule has 0 aliphatic carbocycles. The van der Waals surface area contributed by atoms with Gasteiger partial charge in [0.2, 0.25) is 0 Å². The summed E-state index contributed by atoms with van der Waals surface area (Å²) in [5.41, 5.74) is 0.820. The molecule has 0 saturated heterocycles. The van der Waals surface area contributed by atoms with Gasteiger partial charge in [-0.3, -0.25) is 0 Å². The van der Waals surface area contributed by atoms with Crippen LogP contribution in [-0.2, 0) is 9.53 Å². The van der Waals surface area contributed by atoms with Crippen LogP contribution in [0.5, 0.6) is 11.5 Å². The molecule has 0 aliphatic heterocycles. The molecule has 0 fully saturated rings. The normalized spacial score (nSPS) is 12.6. The number of carbonyl (C=O) groups excluding carboxylic acids is 1. The van der Waals surface area contributed by atoms with Crippen LogP contribution < -0.4 is 9.47 Å². The lowest BCUT2D eigenvalue weighted by atomic mass is 10.3. The molecular formula is C18H26O4. The van der Waals surface area contributed by atoms with Crippen LogP contribution in [0, 0.1) is 0 Å². The zero-order valence-corrected chi connectivity index (χ0v) is 13.9. The molecule has 0 spiro atoms. The van der Waals surface area contributed by atoms with Crippen molar-refractivity contribution in [1.29, 1.82) is 0 Å². The predicted molar refractivity (Wildman–Crippen MR) is 87.3 cm³/mol. The van der Waals surface area contributed by atoms with Crippen molar-refractivity contribution in [1.82, 2.24) is 0 Å². The summed E-state index contributed by atoms with van der Waals surface area (Å²) in [6.07, 6.45) is 3.46. The monoisotopic (exact) mass is 306 g/mol. The number of hydrogen-bond donors (Lipinski definition) is 0. The third kappa shape index (κ3) is 7.16. The van der Waals surface area contributed by atoms with Crippen molar-refractivity contribution in [2.75, 3.05) is 13.2 Å². The van der Waals surface area contributed by atoms with Crippen LogP contribution in [-0.4, -0.2) is 25.3 Å². The third-order valence-corrected chi connectivity index (χ3v) is 3.02. The second-order valence-corrected chi connectivity index (χ2v) is 5.25. The van der Waals surface area contributed by atoms with E-state index in [2.05, 4.69) is 6.92 Å².